The third-order valence-corrected chi connectivity index (χ3v) is 2.75. The molecule has 6 nitrogen and oxygen atoms in total. The topological polar surface area (TPSA) is 68.7 Å². The highest BCUT2D eigenvalue weighted by molar-refractivity contribution is 5.95. The summed E-state index contributed by atoms with van der Waals surface area (Å²) in [7, 11) is 1.30. The van der Waals surface area contributed by atoms with Crippen molar-refractivity contribution in [3.63, 3.8) is 0 Å². The highest BCUT2D eigenvalue weighted by Crippen LogP contribution is 2.13. The Morgan fingerprint density at radius 3 is 2.33 bits per heavy atom. The van der Waals surface area contributed by atoms with E-state index in [9.17, 15) is 9.59 Å². The number of esters is 1. The molecule has 0 bridgehead atoms. The molecule has 1 aromatic rings. The lowest BCUT2D eigenvalue weighted by Crippen LogP contribution is -2.41. The molecule has 1 rings (SSSR count). The third kappa shape index (κ3) is 5.06. The Kier molecular flexibility index (Phi) is 6.14. The molecule has 0 spiro atoms. The molecule has 0 N–H and O–H groups in total. The van der Waals surface area contributed by atoms with E-state index < -0.39 is 5.97 Å². The lowest BCUT2D eigenvalue weighted by molar-refractivity contribution is -0.141. The third-order valence-electron chi connectivity index (χ3n) is 2.75. The summed E-state index contributed by atoms with van der Waals surface area (Å²) < 4.78 is 10.0. The van der Waals surface area contributed by atoms with E-state index in [4.69, 9.17) is 4.74 Å². The summed E-state index contributed by atoms with van der Waals surface area (Å²) in [6.07, 6.45) is 1.47. The Labute approximate surface area is 125 Å². The smallest absolute Gasteiger partial charge is 0.325 e. The van der Waals surface area contributed by atoms with Gasteiger partial charge in [0.25, 0.3) is 5.91 Å². The zero-order valence-corrected chi connectivity index (χ0v) is 13.1. The Morgan fingerprint density at radius 1 is 1.24 bits per heavy atom. The van der Waals surface area contributed by atoms with Crippen LogP contribution >= 0.6 is 0 Å². The number of methoxy groups -OCH3 is 1. The summed E-state index contributed by atoms with van der Waals surface area (Å²) in [6.45, 7) is 7.39. The first-order valence-corrected chi connectivity index (χ1v) is 6.85. The van der Waals surface area contributed by atoms with Gasteiger partial charge in [0.15, 0.2) is 0 Å². The largest absolute Gasteiger partial charge is 0.475 e. The van der Waals surface area contributed by atoms with Gasteiger partial charge in [-0.25, -0.2) is 4.98 Å². The average molecular weight is 294 g/mol. The summed E-state index contributed by atoms with van der Waals surface area (Å²) in [5, 5.41) is 0. The number of rotatable bonds is 6. The van der Waals surface area contributed by atoms with Gasteiger partial charge >= 0.3 is 5.97 Å². The molecule has 1 amide bonds. The molecule has 116 valence electrons. The van der Waals surface area contributed by atoms with Crippen molar-refractivity contribution in [1.29, 1.82) is 0 Å². The lowest BCUT2D eigenvalue weighted by Gasteiger charge is -2.25. The maximum absolute atomic E-state index is 12.4. The second-order valence-corrected chi connectivity index (χ2v) is 5.15. The molecule has 0 aliphatic heterocycles. The number of ether oxygens (including phenoxy) is 2. The van der Waals surface area contributed by atoms with Crippen LogP contribution in [0.4, 0.5) is 0 Å². The molecule has 21 heavy (non-hydrogen) atoms. The van der Waals surface area contributed by atoms with Crippen LogP contribution in [0.5, 0.6) is 5.88 Å². The second-order valence-electron chi connectivity index (χ2n) is 5.15. The van der Waals surface area contributed by atoms with Gasteiger partial charge in [-0.05, 0) is 33.8 Å². The molecule has 0 saturated heterocycles. The predicted molar refractivity (Wildman–Crippen MR) is 78.2 cm³/mol. The van der Waals surface area contributed by atoms with Gasteiger partial charge in [-0.1, -0.05) is 0 Å². The van der Waals surface area contributed by atoms with Crippen molar-refractivity contribution >= 4 is 11.9 Å². The fourth-order valence-electron chi connectivity index (χ4n) is 1.68. The van der Waals surface area contributed by atoms with Crippen LogP contribution in [0.2, 0.25) is 0 Å². The SMILES string of the molecule is COC(=O)CN(C(=O)c1ccc(OC(C)C)nc1)C(C)C. The van der Waals surface area contributed by atoms with Crippen LogP contribution in [0, 0.1) is 0 Å². The molecular weight excluding hydrogens is 272 g/mol. The Bertz CT molecular complexity index is 483. The minimum atomic E-state index is -0.454. The van der Waals surface area contributed by atoms with E-state index >= 15 is 0 Å². The maximum Gasteiger partial charge on any atom is 0.325 e. The van der Waals surface area contributed by atoms with Crippen LogP contribution in [-0.2, 0) is 9.53 Å². The molecule has 0 fully saturated rings. The number of carbonyl (C=O) groups is 2. The summed E-state index contributed by atoms with van der Waals surface area (Å²) >= 11 is 0. The van der Waals surface area contributed by atoms with Gasteiger partial charge in [-0.15, -0.1) is 0 Å². The lowest BCUT2D eigenvalue weighted by atomic mass is 10.2. The standard InChI is InChI=1S/C15H22N2O4/c1-10(2)17(9-14(18)20-5)15(19)12-6-7-13(16-8-12)21-11(3)4/h6-8,10-11H,9H2,1-5H3. The first-order valence-electron chi connectivity index (χ1n) is 6.85. The van der Waals surface area contributed by atoms with Gasteiger partial charge in [-0.2, -0.15) is 0 Å². The van der Waals surface area contributed by atoms with Gasteiger partial charge in [0.2, 0.25) is 5.88 Å². The Morgan fingerprint density at radius 2 is 1.90 bits per heavy atom. The molecule has 1 heterocycles. The number of hydrogen-bond acceptors (Lipinski definition) is 5. The molecule has 0 atom stereocenters. The van der Waals surface area contributed by atoms with E-state index in [1.54, 1.807) is 12.1 Å². The Balaban J connectivity index is 2.86. The zero-order valence-electron chi connectivity index (χ0n) is 13.1. The van der Waals surface area contributed by atoms with Crippen molar-refractivity contribution in [1.82, 2.24) is 9.88 Å². The van der Waals surface area contributed by atoms with Gasteiger partial charge in [0, 0.05) is 18.3 Å². The minimum absolute atomic E-state index is 0.0190. The van der Waals surface area contributed by atoms with Crippen LogP contribution in [0.25, 0.3) is 0 Å². The van der Waals surface area contributed by atoms with Crippen molar-refractivity contribution in [2.24, 2.45) is 0 Å². The highest BCUT2D eigenvalue weighted by Gasteiger charge is 2.22. The number of nitrogens with zero attached hydrogens (tertiary/aromatic N) is 2. The molecule has 0 unspecified atom stereocenters. The van der Waals surface area contributed by atoms with E-state index in [-0.39, 0.29) is 24.6 Å². The second kappa shape index (κ2) is 7.61. The Hall–Kier alpha value is -2.11. The first kappa shape index (κ1) is 16.9. The van der Waals surface area contributed by atoms with Crippen LogP contribution in [0.1, 0.15) is 38.1 Å². The molecule has 6 heteroatoms. The van der Waals surface area contributed by atoms with E-state index in [1.165, 1.54) is 18.2 Å². The van der Waals surface area contributed by atoms with Crippen LogP contribution in [-0.4, -0.2) is 47.6 Å². The minimum Gasteiger partial charge on any atom is -0.475 e. The summed E-state index contributed by atoms with van der Waals surface area (Å²) in [5.41, 5.74) is 0.406. The zero-order chi connectivity index (χ0) is 16.0. The highest BCUT2D eigenvalue weighted by atomic mass is 16.5. The number of aromatic nitrogens is 1. The van der Waals surface area contributed by atoms with Gasteiger partial charge in [0.05, 0.1) is 18.8 Å². The number of amides is 1. The first-order chi connectivity index (χ1) is 9.85. The van der Waals surface area contributed by atoms with Crippen LogP contribution in [0.3, 0.4) is 0 Å². The van der Waals surface area contributed by atoms with Gasteiger partial charge in [0.1, 0.15) is 6.54 Å². The summed E-state index contributed by atoms with van der Waals surface area (Å²) in [5.74, 6) is -0.255. The summed E-state index contributed by atoms with van der Waals surface area (Å²) in [4.78, 5) is 29.3. The molecule has 0 radical (unpaired) electrons. The van der Waals surface area contributed by atoms with Crippen molar-refractivity contribution in [3.8, 4) is 5.88 Å². The fourth-order valence-corrected chi connectivity index (χ4v) is 1.68. The average Bonchev–Trinajstić information content (AvgIpc) is 2.43. The molecule has 0 saturated carbocycles. The van der Waals surface area contributed by atoms with Crippen LogP contribution < -0.4 is 4.74 Å². The van der Waals surface area contributed by atoms with Gasteiger partial charge < -0.3 is 14.4 Å². The molecule has 0 aliphatic rings. The van der Waals surface area contributed by atoms with E-state index in [0.29, 0.717) is 11.4 Å². The quantitative estimate of drug-likeness (QED) is 0.749. The maximum atomic E-state index is 12.4. The molecular formula is C15H22N2O4. The van der Waals surface area contributed by atoms with E-state index in [2.05, 4.69) is 9.72 Å². The van der Waals surface area contributed by atoms with Crippen molar-refractivity contribution in [3.05, 3.63) is 23.9 Å². The van der Waals surface area contributed by atoms with Gasteiger partial charge in [-0.3, -0.25) is 9.59 Å². The molecule has 0 aromatic carbocycles. The van der Waals surface area contributed by atoms with Crippen LogP contribution in [0.15, 0.2) is 18.3 Å². The molecule has 0 aliphatic carbocycles. The molecule has 1 aromatic heterocycles. The van der Waals surface area contributed by atoms with Crippen molar-refractivity contribution in [2.45, 2.75) is 39.8 Å². The number of pyridine rings is 1. The van der Waals surface area contributed by atoms with Crippen molar-refractivity contribution in [2.75, 3.05) is 13.7 Å². The van der Waals surface area contributed by atoms with E-state index in [0.717, 1.165) is 0 Å². The number of carbonyl (C=O) groups excluding carboxylic acids is 2. The predicted octanol–water partition coefficient (Wildman–Crippen LogP) is 1.89. The fraction of sp³-hybridized carbons (Fsp3) is 0.533. The monoisotopic (exact) mass is 294 g/mol. The van der Waals surface area contributed by atoms with Crippen molar-refractivity contribution < 1.29 is 19.1 Å². The van der Waals surface area contributed by atoms with E-state index in [1.807, 2.05) is 27.7 Å². The number of hydrogen-bond donors (Lipinski definition) is 0. The normalized spacial score (nSPS) is 10.6. The summed E-state index contributed by atoms with van der Waals surface area (Å²) in [6, 6.07) is 3.16.